The van der Waals surface area contributed by atoms with Gasteiger partial charge in [0, 0.05) is 5.56 Å². The minimum absolute atomic E-state index is 0.126. The van der Waals surface area contributed by atoms with Gasteiger partial charge in [0.1, 0.15) is 0 Å². The van der Waals surface area contributed by atoms with E-state index in [4.69, 9.17) is 5.11 Å². The maximum atomic E-state index is 12.5. The summed E-state index contributed by atoms with van der Waals surface area (Å²) in [5.74, 6) is -1.05. The second-order valence-electron chi connectivity index (χ2n) is 4.81. The Kier molecular flexibility index (Phi) is 3.71. The molecule has 0 amide bonds. The van der Waals surface area contributed by atoms with Crippen molar-refractivity contribution in [2.45, 2.75) is 4.90 Å². The molecule has 23 heavy (non-hydrogen) atoms. The second-order valence-corrected chi connectivity index (χ2v) is 6.60. The molecule has 0 bridgehead atoms. The molecule has 0 saturated heterocycles. The average Bonchev–Trinajstić information content (AvgIpc) is 3.06. The first kappa shape index (κ1) is 15.0. The number of carboxylic acids is 1. The topological polar surface area (TPSA) is 89.3 Å². The third-order valence-electron chi connectivity index (χ3n) is 3.29. The minimum Gasteiger partial charge on any atom is -0.478 e. The summed E-state index contributed by atoms with van der Waals surface area (Å²) in [5, 5.41) is 12.9. The highest BCUT2D eigenvalue weighted by Gasteiger charge is 2.18. The van der Waals surface area contributed by atoms with Crippen LogP contribution in [0.2, 0.25) is 0 Å². The van der Waals surface area contributed by atoms with Gasteiger partial charge in [-0.25, -0.2) is 4.79 Å². The van der Waals surface area contributed by atoms with Gasteiger partial charge in [0.25, 0.3) is 10.0 Å². The van der Waals surface area contributed by atoms with Crippen LogP contribution in [0.15, 0.2) is 71.9 Å². The fourth-order valence-corrected chi connectivity index (χ4v) is 3.26. The van der Waals surface area contributed by atoms with E-state index in [0.29, 0.717) is 11.1 Å². The van der Waals surface area contributed by atoms with Gasteiger partial charge in [-0.2, -0.15) is 17.6 Å². The molecule has 1 heterocycles. The lowest BCUT2D eigenvalue weighted by molar-refractivity contribution is 0.0697. The second kappa shape index (κ2) is 5.69. The van der Waals surface area contributed by atoms with Crippen LogP contribution in [0.25, 0.3) is 11.1 Å². The predicted octanol–water partition coefficient (Wildman–Crippen LogP) is 2.49. The molecular weight excluding hydrogens is 316 g/mol. The number of rotatable bonds is 4. The van der Waals surface area contributed by atoms with Crippen molar-refractivity contribution in [2.24, 2.45) is 0 Å². The number of hydrogen-bond acceptors (Lipinski definition) is 4. The summed E-state index contributed by atoms with van der Waals surface area (Å²) in [7, 11) is -3.76. The monoisotopic (exact) mass is 328 g/mol. The first-order chi connectivity index (χ1) is 11.0. The summed E-state index contributed by atoms with van der Waals surface area (Å²) in [6.07, 6.45) is 2.75. The summed E-state index contributed by atoms with van der Waals surface area (Å²) >= 11 is 0. The van der Waals surface area contributed by atoms with E-state index in [9.17, 15) is 13.2 Å². The maximum absolute atomic E-state index is 12.5. The number of nitrogens with zero attached hydrogens (tertiary/aromatic N) is 2. The maximum Gasteiger partial charge on any atom is 0.335 e. The largest absolute Gasteiger partial charge is 0.478 e. The summed E-state index contributed by atoms with van der Waals surface area (Å²) in [5.41, 5.74) is 1.23. The van der Waals surface area contributed by atoms with Crippen molar-refractivity contribution in [2.75, 3.05) is 0 Å². The Morgan fingerprint density at radius 3 is 2.43 bits per heavy atom. The van der Waals surface area contributed by atoms with Gasteiger partial charge in [-0.1, -0.05) is 30.3 Å². The minimum atomic E-state index is -3.76. The van der Waals surface area contributed by atoms with Crippen LogP contribution >= 0.6 is 0 Å². The van der Waals surface area contributed by atoms with Crippen molar-refractivity contribution in [1.29, 1.82) is 0 Å². The molecule has 0 aliphatic rings. The molecule has 0 radical (unpaired) electrons. The number of aromatic nitrogens is 2. The molecule has 116 valence electrons. The van der Waals surface area contributed by atoms with Crippen molar-refractivity contribution in [1.82, 2.24) is 9.19 Å². The Labute approximate surface area is 132 Å². The van der Waals surface area contributed by atoms with Crippen LogP contribution in [0.5, 0.6) is 0 Å². The van der Waals surface area contributed by atoms with Gasteiger partial charge < -0.3 is 5.11 Å². The van der Waals surface area contributed by atoms with Crippen LogP contribution in [-0.4, -0.2) is 28.7 Å². The summed E-state index contributed by atoms with van der Waals surface area (Å²) < 4.78 is 25.8. The van der Waals surface area contributed by atoms with Crippen molar-refractivity contribution in [3.05, 3.63) is 72.6 Å². The molecule has 2 aromatic carbocycles. The SMILES string of the molecule is O=C(O)c1cccc(-c2cnn(S(=O)(=O)c3ccccc3)c2)c1. The number of hydrogen-bond donors (Lipinski definition) is 1. The Morgan fingerprint density at radius 1 is 1.00 bits per heavy atom. The van der Waals surface area contributed by atoms with Crippen LogP contribution in [0.1, 0.15) is 10.4 Å². The molecule has 3 aromatic rings. The Bertz CT molecular complexity index is 963. The molecule has 0 spiro atoms. The lowest BCUT2D eigenvalue weighted by Gasteiger charge is -2.03. The van der Waals surface area contributed by atoms with E-state index in [-0.39, 0.29) is 10.5 Å². The summed E-state index contributed by atoms with van der Waals surface area (Å²) in [6.45, 7) is 0. The summed E-state index contributed by atoms with van der Waals surface area (Å²) in [4.78, 5) is 11.2. The van der Waals surface area contributed by atoms with Crippen LogP contribution in [0.3, 0.4) is 0 Å². The average molecular weight is 328 g/mol. The van der Waals surface area contributed by atoms with Gasteiger partial charge in [0.05, 0.1) is 22.9 Å². The molecule has 0 fully saturated rings. The smallest absolute Gasteiger partial charge is 0.335 e. The first-order valence-electron chi connectivity index (χ1n) is 6.67. The normalized spacial score (nSPS) is 11.3. The molecule has 0 unspecified atom stereocenters. The summed E-state index contributed by atoms with van der Waals surface area (Å²) in [6, 6.07) is 14.2. The van der Waals surface area contributed by atoms with Gasteiger partial charge in [-0.3, -0.25) is 0 Å². The van der Waals surface area contributed by atoms with Gasteiger partial charge in [0.15, 0.2) is 0 Å². The molecule has 7 heteroatoms. The molecule has 0 aliphatic heterocycles. The van der Waals surface area contributed by atoms with E-state index in [1.54, 1.807) is 30.3 Å². The molecule has 1 aromatic heterocycles. The first-order valence-corrected chi connectivity index (χ1v) is 8.11. The number of aromatic carboxylic acids is 1. The van der Waals surface area contributed by atoms with Crippen molar-refractivity contribution < 1.29 is 18.3 Å². The standard InChI is InChI=1S/C16H12N2O4S/c19-16(20)13-6-4-5-12(9-13)14-10-17-18(11-14)23(21,22)15-7-2-1-3-8-15/h1-11H,(H,19,20). The van der Waals surface area contributed by atoms with Crippen molar-refractivity contribution in [3.63, 3.8) is 0 Å². The quantitative estimate of drug-likeness (QED) is 0.795. The Morgan fingerprint density at radius 2 is 1.74 bits per heavy atom. The lowest BCUT2D eigenvalue weighted by atomic mass is 10.1. The van der Waals surface area contributed by atoms with Crippen LogP contribution in [0, 0.1) is 0 Å². The van der Waals surface area contributed by atoms with E-state index < -0.39 is 16.0 Å². The molecule has 0 aliphatic carbocycles. The number of carbonyl (C=O) groups is 1. The van der Waals surface area contributed by atoms with E-state index in [1.165, 1.54) is 36.7 Å². The van der Waals surface area contributed by atoms with Crippen LogP contribution in [0.4, 0.5) is 0 Å². The van der Waals surface area contributed by atoms with Crippen LogP contribution < -0.4 is 0 Å². The van der Waals surface area contributed by atoms with E-state index in [2.05, 4.69) is 5.10 Å². The highest BCUT2D eigenvalue weighted by molar-refractivity contribution is 7.89. The van der Waals surface area contributed by atoms with Gasteiger partial charge in [0.2, 0.25) is 0 Å². The fourth-order valence-electron chi connectivity index (χ4n) is 2.12. The van der Waals surface area contributed by atoms with Gasteiger partial charge >= 0.3 is 5.97 Å². The van der Waals surface area contributed by atoms with Crippen molar-refractivity contribution >= 4 is 16.0 Å². The van der Waals surface area contributed by atoms with Gasteiger partial charge in [-0.15, -0.1) is 0 Å². The fraction of sp³-hybridized carbons (Fsp3) is 0. The van der Waals surface area contributed by atoms with Crippen LogP contribution in [-0.2, 0) is 10.0 Å². The van der Waals surface area contributed by atoms with Gasteiger partial charge in [-0.05, 0) is 29.8 Å². The Balaban J connectivity index is 2.01. The zero-order valence-corrected chi connectivity index (χ0v) is 12.6. The van der Waals surface area contributed by atoms with E-state index >= 15 is 0 Å². The molecule has 1 N–H and O–H groups in total. The third kappa shape index (κ3) is 2.86. The highest BCUT2D eigenvalue weighted by atomic mass is 32.2. The Hall–Kier alpha value is -2.93. The molecule has 0 saturated carbocycles. The molecule has 0 atom stereocenters. The third-order valence-corrected chi connectivity index (χ3v) is 4.85. The highest BCUT2D eigenvalue weighted by Crippen LogP contribution is 2.22. The number of benzene rings is 2. The van der Waals surface area contributed by atoms with E-state index in [0.717, 1.165) is 4.09 Å². The van der Waals surface area contributed by atoms with E-state index in [1.807, 2.05) is 0 Å². The molecule has 3 rings (SSSR count). The molecule has 6 nitrogen and oxygen atoms in total. The molecular formula is C16H12N2O4S. The number of carboxylic acid groups (broad SMARTS) is 1. The zero-order valence-electron chi connectivity index (χ0n) is 11.8. The predicted molar refractivity (Wildman–Crippen MR) is 83.6 cm³/mol. The zero-order chi connectivity index (χ0) is 16.4. The van der Waals surface area contributed by atoms with Crippen molar-refractivity contribution in [3.8, 4) is 11.1 Å². The lowest BCUT2D eigenvalue weighted by Crippen LogP contribution is -2.13.